The second-order valence-electron chi connectivity index (χ2n) is 7.57. The maximum Gasteiger partial charge on any atom is 0.228 e. The van der Waals surface area contributed by atoms with Gasteiger partial charge in [0.2, 0.25) is 5.91 Å². The Morgan fingerprint density at radius 1 is 0.880 bits per heavy atom. The minimum atomic E-state index is -0.0336. The minimum absolute atomic E-state index is 0.0336. The summed E-state index contributed by atoms with van der Waals surface area (Å²) in [7, 11) is 0. The van der Waals surface area contributed by atoms with Crippen molar-refractivity contribution in [2.45, 2.75) is 51.5 Å². The molecular formula is C23H29NO. The first-order chi connectivity index (χ1) is 12.2. The first-order valence-electron chi connectivity index (χ1n) is 9.57. The fourth-order valence-electron chi connectivity index (χ4n) is 4.13. The van der Waals surface area contributed by atoms with E-state index in [0.717, 1.165) is 18.4 Å². The van der Waals surface area contributed by atoms with Gasteiger partial charge in [-0.05, 0) is 35.8 Å². The summed E-state index contributed by atoms with van der Waals surface area (Å²) in [5.41, 5.74) is 2.34. The lowest BCUT2D eigenvalue weighted by Crippen LogP contribution is -2.37. The van der Waals surface area contributed by atoms with Crippen LogP contribution in [0.15, 0.2) is 60.7 Å². The van der Waals surface area contributed by atoms with Gasteiger partial charge < -0.3 is 5.32 Å². The van der Waals surface area contributed by atoms with Gasteiger partial charge in [0, 0.05) is 0 Å². The first kappa shape index (κ1) is 17.7. The second-order valence-corrected chi connectivity index (χ2v) is 7.57. The van der Waals surface area contributed by atoms with Crippen LogP contribution in [-0.4, -0.2) is 5.91 Å². The highest BCUT2D eigenvalue weighted by molar-refractivity contribution is 5.84. The van der Waals surface area contributed by atoms with E-state index in [-0.39, 0.29) is 17.9 Å². The lowest BCUT2D eigenvalue weighted by atomic mass is 9.83. The van der Waals surface area contributed by atoms with Crippen molar-refractivity contribution >= 4 is 5.91 Å². The number of carbonyl (C=O) groups excluding carboxylic acids is 1. The van der Waals surface area contributed by atoms with Gasteiger partial charge in [-0.25, -0.2) is 0 Å². The van der Waals surface area contributed by atoms with Crippen LogP contribution >= 0.6 is 0 Å². The van der Waals surface area contributed by atoms with E-state index in [4.69, 9.17) is 0 Å². The molecule has 1 aliphatic rings. The molecule has 0 bridgehead atoms. The van der Waals surface area contributed by atoms with Gasteiger partial charge in [0.25, 0.3) is 0 Å². The molecule has 2 aromatic rings. The van der Waals surface area contributed by atoms with Gasteiger partial charge >= 0.3 is 0 Å². The fourth-order valence-corrected chi connectivity index (χ4v) is 4.13. The molecule has 0 radical (unpaired) electrons. The molecule has 2 atom stereocenters. The van der Waals surface area contributed by atoms with Crippen molar-refractivity contribution in [1.82, 2.24) is 5.32 Å². The molecule has 1 fully saturated rings. The lowest BCUT2D eigenvalue weighted by Gasteiger charge is -2.28. The van der Waals surface area contributed by atoms with Crippen molar-refractivity contribution in [3.05, 3.63) is 71.8 Å². The summed E-state index contributed by atoms with van der Waals surface area (Å²) in [5, 5.41) is 3.37. The molecule has 2 nitrogen and oxygen atoms in total. The Kier molecular flexibility index (Phi) is 5.91. The normalized spacial score (nSPS) is 17.4. The quantitative estimate of drug-likeness (QED) is 0.744. The van der Waals surface area contributed by atoms with E-state index in [1.165, 1.54) is 18.4 Å². The number of rotatable bonds is 6. The zero-order chi connectivity index (χ0) is 17.6. The molecule has 0 aliphatic heterocycles. The highest BCUT2D eigenvalue weighted by atomic mass is 16.2. The van der Waals surface area contributed by atoms with Gasteiger partial charge in [0.15, 0.2) is 0 Å². The first-order valence-corrected chi connectivity index (χ1v) is 9.57. The van der Waals surface area contributed by atoms with Crippen LogP contribution in [0.3, 0.4) is 0 Å². The zero-order valence-corrected chi connectivity index (χ0v) is 15.3. The van der Waals surface area contributed by atoms with Gasteiger partial charge in [0.1, 0.15) is 0 Å². The topological polar surface area (TPSA) is 29.1 Å². The maximum atomic E-state index is 13.3. The SMILES string of the molecule is CC(C)[C@H](NC(=O)[C@H](c1ccccc1)C1CCCC1)c1ccccc1. The highest BCUT2D eigenvalue weighted by Gasteiger charge is 2.33. The number of nitrogens with one attached hydrogen (secondary N) is 1. The number of amides is 1. The van der Waals surface area contributed by atoms with Crippen LogP contribution in [0, 0.1) is 11.8 Å². The van der Waals surface area contributed by atoms with Gasteiger partial charge in [-0.3, -0.25) is 4.79 Å². The molecule has 3 rings (SSSR count). The molecule has 132 valence electrons. The van der Waals surface area contributed by atoms with Crippen LogP contribution in [0.5, 0.6) is 0 Å². The van der Waals surface area contributed by atoms with Crippen molar-refractivity contribution in [2.24, 2.45) is 11.8 Å². The monoisotopic (exact) mass is 335 g/mol. The predicted octanol–water partition coefficient (Wildman–Crippen LogP) is 5.47. The van der Waals surface area contributed by atoms with Crippen LogP contribution in [0.25, 0.3) is 0 Å². The Balaban J connectivity index is 1.84. The molecule has 0 unspecified atom stereocenters. The molecule has 0 saturated heterocycles. The molecule has 1 amide bonds. The van der Waals surface area contributed by atoms with E-state index in [2.05, 4.69) is 43.4 Å². The van der Waals surface area contributed by atoms with Crippen LogP contribution < -0.4 is 5.32 Å². The number of hydrogen-bond acceptors (Lipinski definition) is 1. The molecule has 2 aromatic carbocycles. The molecule has 1 saturated carbocycles. The summed E-state index contributed by atoms with van der Waals surface area (Å²) < 4.78 is 0. The van der Waals surface area contributed by atoms with Gasteiger partial charge in [-0.1, -0.05) is 87.4 Å². The van der Waals surface area contributed by atoms with E-state index in [0.29, 0.717) is 11.8 Å². The van der Waals surface area contributed by atoms with E-state index in [1.54, 1.807) is 0 Å². The van der Waals surface area contributed by atoms with Crippen LogP contribution in [-0.2, 0) is 4.79 Å². The summed E-state index contributed by atoms with van der Waals surface area (Å²) in [5.74, 6) is 0.964. The number of hydrogen-bond donors (Lipinski definition) is 1. The van der Waals surface area contributed by atoms with E-state index >= 15 is 0 Å². The summed E-state index contributed by atoms with van der Waals surface area (Å²) in [4.78, 5) is 13.3. The van der Waals surface area contributed by atoms with Crippen molar-refractivity contribution < 1.29 is 4.79 Å². The second kappa shape index (κ2) is 8.33. The molecule has 2 heteroatoms. The van der Waals surface area contributed by atoms with Crippen molar-refractivity contribution in [3.63, 3.8) is 0 Å². The smallest absolute Gasteiger partial charge is 0.228 e. The predicted molar refractivity (Wildman–Crippen MR) is 103 cm³/mol. The highest BCUT2D eigenvalue weighted by Crippen LogP contribution is 2.38. The molecule has 25 heavy (non-hydrogen) atoms. The Bertz CT molecular complexity index is 659. The number of carbonyl (C=O) groups is 1. The summed E-state index contributed by atoms with van der Waals surface area (Å²) >= 11 is 0. The largest absolute Gasteiger partial charge is 0.349 e. The standard InChI is InChI=1S/C23H29NO/c1-17(2)22(20-15-7-4-8-16-20)24-23(25)21(19-13-9-10-14-19)18-11-5-3-6-12-18/h3-8,11-12,15-17,19,21-22H,9-10,13-14H2,1-2H3,(H,24,25)/t21-,22+/m1/s1. The Morgan fingerprint density at radius 2 is 1.40 bits per heavy atom. The Morgan fingerprint density at radius 3 is 1.92 bits per heavy atom. The molecule has 1 N–H and O–H groups in total. The number of benzene rings is 2. The summed E-state index contributed by atoms with van der Waals surface area (Å²) in [6.07, 6.45) is 4.80. The zero-order valence-electron chi connectivity index (χ0n) is 15.3. The average molecular weight is 335 g/mol. The Hall–Kier alpha value is -2.09. The molecule has 1 aliphatic carbocycles. The van der Waals surface area contributed by atoms with Gasteiger partial charge in [0.05, 0.1) is 12.0 Å². The van der Waals surface area contributed by atoms with Gasteiger partial charge in [-0.2, -0.15) is 0 Å². The van der Waals surface area contributed by atoms with Gasteiger partial charge in [-0.15, -0.1) is 0 Å². The summed E-state index contributed by atoms with van der Waals surface area (Å²) in [6.45, 7) is 4.34. The molecule has 0 aromatic heterocycles. The average Bonchev–Trinajstić information content (AvgIpc) is 3.15. The van der Waals surface area contributed by atoms with Crippen LogP contribution in [0.2, 0.25) is 0 Å². The summed E-state index contributed by atoms with van der Waals surface area (Å²) in [6, 6.07) is 20.7. The van der Waals surface area contributed by atoms with Crippen molar-refractivity contribution in [3.8, 4) is 0 Å². The molecule has 0 heterocycles. The third kappa shape index (κ3) is 4.31. The van der Waals surface area contributed by atoms with Crippen LogP contribution in [0.1, 0.15) is 62.6 Å². The molecular weight excluding hydrogens is 306 g/mol. The lowest BCUT2D eigenvalue weighted by molar-refractivity contribution is -0.124. The third-order valence-electron chi connectivity index (χ3n) is 5.44. The maximum absolute atomic E-state index is 13.3. The van der Waals surface area contributed by atoms with E-state index in [9.17, 15) is 4.79 Å². The van der Waals surface area contributed by atoms with E-state index < -0.39 is 0 Å². The fraction of sp³-hybridized carbons (Fsp3) is 0.435. The minimum Gasteiger partial charge on any atom is -0.349 e. The van der Waals surface area contributed by atoms with E-state index in [1.807, 2.05) is 36.4 Å². The Labute approximate surface area is 151 Å². The van der Waals surface area contributed by atoms with Crippen LogP contribution in [0.4, 0.5) is 0 Å². The van der Waals surface area contributed by atoms with Crippen molar-refractivity contribution in [1.29, 1.82) is 0 Å². The molecule has 0 spiro atoms. The van der Waals surface area contributed by atoms with Crippen molar-refractivity contribution in [2.75, 3.05) is 0 Å². The third-order valence-corrected chi connectivity index (χ3v) is 5.44.